The lowest BCUT2D eigenvalue weighted by atomic mass is 10.1. The summed E-state index contributed by atoms with van der Waals surface area (Å²) in [7, 11) is 1.53. The molecule has 0 radical (unpaired) electrons. The molecule has 0 aromatic heterocycles. The maximum absolute atomic E-state index is 12.3. The third-order valence-electron chi connectivity index (χ3n) is 2.65. The average Bonchev–Trinajstić information content (AvgIpc) is 2.37. The normalized spacial score (nSPS) is 13.6. The summed E-state index contributed by atoms with van der Waals surface area (Å²) in [6.45, 7) is 2.91. The maximum atomic E-state index is 12.3. The topological polar surface area (TPSA) is 30.5 Å². The summed E-state index contributed by atoms with van der Waals surface area (Å²) >= 11 is 0. The second-order valence-electron chi connectivity index (χ2n) is 4.75. The van der Waals surface area contributed by atoms with E-state index in [2.05, 4.69) is 5.32 Å². The quantitative estimate of drug-likeness (QED) is 0.836. The summed E-state index contributed by atoms with van der Waals surface area (Å²) < 4.78 is 46.9. The molecule has 0 aliphatic carbocycles. The van der Waals surface area contributed by atoms with E-state index in [0.29, 0.717) is 17.9 Å². The van der Waals surface area contributed by atoms with Gasteiger partial charge in [0, 0.05) is 12.6 Å². The van der Waals surface area contributed by atoms with E-state index in [-0.39, 0.29) is 6.04 Å². The minimum absolute atomic E-state index is 0.172. The van der Waals surface area contributed by atoms with Gasteiger partial charge in [-0.3, -0.25) is 0 Å². The number of ether oxygens (including phenoxy) is 2. The maximum Gasteiger partial charge on any atom is 0.411 e. The van der Waals surface area contributed by atoms with E-state index >= 15 is 0 Å². The van der Waals surface area contributed by atoms with Crippen LogP contribution in [0.25, 0.3) is 0 Å². The molecule has 1 aromatic rings. The molecule has 3 nitrogen and oxygen atoms in total. The molecule has 0 aliphatic heterocycles. The highest BCUT2D eigenvalue weighted by Gasteiger charge is 2.29. The number of nitrogens with one attached hydrogen (secondary N) is 1. The largest absolute Gasteiger partial charge is 0.497 e. The van der Waals surface area contributed by atoms with Crippen LogP contribution in [0.2, 0.25) is 0 Å². The van der Waals surface area contributed by atoms with Crippen molar-refractivity contribution in [3.63, 3.8) is 0 Å². The third-order valence-corrected chi connectivity index (χ3v) is 2.65. The summed E-state index contributed by atoms with van der Waals surface area (Å²) in [6, 6.07) is 7.00. The van der Waals surface area contributed by atoms with Crippen molar-refractivity contribution in [2.75, 3.05) is 20.3 Å². The van der Waals surface area contributed by atoms with Crippen LogP contribution in [0.5, 0.6) is 5.75 Å². The summed E-state index contributed by atoms with van der Waals surface area (Å²) in [5, 5.41) is 3.09. The smallest absolute Gasteiger partial charge is 0.411 e. The molecule has 20 heavy (non-hydrogen) atoms. The Labute approximate surface area is 117 Å². The van der Waals surface area contributed by atoms with Crippen molar-refractivity contribution in [1.29, 1.82) is 0 Å². The molecule has 0 spiro atoms. The first-order chi connectivity index (χ1) is 9.31. The molecule has 114 valence electrons. The van der Waals surface area contributed by atoms with E-state index in [9.17, 15) is 13.2 Å². The first-order valence-corrected chi connectivity index (χ1v) is 6.37. The van der Waals surface area contributed by atoms with Crippen LogP contribution in [0.3, 0.4) is 0 Å². The Kier molecular flexibility index (Phi) is 6.29. The van der Waals surface area contributed by atoms with Crippen LogP contribution in [0, 0.1) is 0 Å². The van der Waals surface area contributed by atoms with E-state index in [1.165, 1.54) is 7.11 Å². The fourth-order valence-electron chi connectivity index (χ4n) is 1.63. The molecule has 0 heterocycles. The van der Waals surface area contributed by atoms with E-state index in [0.717, 1.165) is 0 Å². The predicted molar refractivity (Wildman–Crippen MR) is 70.9 cm³/mol. The highest BCUT2D eigenvalue weighted by molar-refractivity contribution is 5.28. The fraction of sp³-hybridized carbons (Fsp3) is 0.571. The van der Waals surface area contributed by atoms with Gasteiger partial charge in [0.25, 0.3) is 0 Å². The highest BCUT2D eigenvalue weighted by atomic mass is 19.4. The van der Waals surface area contributed by atoms with Gasteiger partial charge in [0.05, 0.1) is 13.2 Å². The van der Waals surface area contributed by atoms with Crippen molar-refractivity contribution in [3.05, 3.63) is 29.8 Å². The zero-order valence-electron chi connectivity index (χ0n) is 11.8. The second kappa shape index (κ2) is 7.50. The van der Waals surface area contributed by atoms with E-state index in [1.807, 2.05) is 13.8 Å². The summed E-state index contributed by atoms with van der Waals surface area (Å²) in [5.74, 6) is 0.653. The molecular formula is C14H20F3NO2. The van der Waals surface area contributed by atoms with Gasteiger partial charge in [0.2, 0.25) is 0 Å². The molecule has 6 heteroatoms. The van der Waals surface area contributed by atoms with Gasteiger partial charge < -0.3 is 14.8 Å². The Balaban J connectivity index is 2.73. The Morgan fingerprint density at radius 3 is 2.20 bits per heavy atom. The van der Waals surface area contributed by atoms with E-state index < -0.39 is 18.9 Å². The SMILES string of the molecule is COc1ccc(C(CNC(C)C)OCC(F)(F)F)cc1. The number of alkyl halides is 3. The van der Waals surface area contributed by atoms with Crippen LogP contribution in [0.1, 0.15) is 25.5 Å². The summed E-state index contributed by atoms with van der Waals surface area (Å²) in [5.41, 5.74) is 0.684. The lowest BCUT2D eigenvalue weighted by Crippen LogP contribution is -2.31. The molecular weight excluding hydrogens is 271 g/mol. The molecule has 1 N–H and O–H groups in total. The van der Waals surface area contributed by atoms with Gasteiger partial charge in [-0.25, -0.2) is 0 Å². The van der Waals surface area contributed by atoms with Gasteiger partial charge in [0.15, 0.2) is 0 Å². The summed E-state index contributed by atoms with van der Waals surface area (Å²) in [6.07, 6.45) is -4.98. The zero-order chi connectivity index (χ0) is 15.2. The molecule has 0 aliphatic rings. The molecule has 0 saturated carbocycles. The standard InChI is InChI=1S/C14H20F3NO2/c1-10(2)18-8-13(20-9-14(15,16)17)11-4-6-12(19-3)7-5-11/h4-7,10,13,18H,8-9H2,1-3H3. The van der Waals surface area contributed by atoms with Gasteiger partial charge >= 0.3 is 6.18 Å². The van der Waals surface area contributed by atoms with Crippen LogP contribution in [-0.2, 0) is 4.74 Å². The van der Waals surface area contributed by atoms with Crippen molar-refractivity contribution in [1.82, 2.24) is 5.32 Å². The Bertz CT molecular complexity index is 390. The molecule has 0 fully saturated rings. The lowest BCUT2D eigenvalue weighted by Gasteiger charge is -2.21. The highest BCUT2D eigenvalue weighted by Crippen LogP contribution is 2.24. The third kappa shape index (κ3) is 6.25. The number of benzene rings is 1. The van der Waals surface area contributed by atoms with Gasteiger partial charge in [-0.05, 0) is 17.7 Å². The first-order valence-electron chi connectivity index (χ1n) is 6.37. The number of hydrogen-bond donors (Lipinski definition) is 1. The van der Waals surface area contributed by atoms with E-state index in [1.54, 1.807) is 24.3 Å². The van der Waals surface area contributed by atoms with Crippen LogP contribution < -0.4 is 10.1 Å². The molecule has 0 bridgehead atoms. The summed E-state index contributed by atoms with van der Waals surface area (Å²) in [4.78, 5) is 0. The first kappa shape index (κ1) is 16.8. The molecule has 0 saturated heterocycles. The van der Waals surface area contributed by atoms with Crippen molar-refractivity contribution in [2.45, 2.75) is 32.2 Å². The van der Waals surface area contributed by atoms with Gasteiger partial charge in [-0.2, -0.15) is 13.2 Å². The molecule has 1 rings (SSSR count). The Morgan fingerprint density at radius 2 is 1.75 bits per heavy atom. The van der Waals surface area contributed by atoms with Crippen molar-refractivity contribution in [3.8, 4) is 5.75 Å². The zero-order valence-corrected chi connectivity index (χ0v) is 11.8. The molecule has 0 amide bonds. The van der Waals surface area contributed by atoms with Gasteiger partial charge in [-0.1, -0.05) is 26.0 Å². The average molecular weight is 291 g/mol. The number of methoxy groups -OCH3 is 1. The molecule has 1 aromatic carbocycles. The fourth-order valence-corrected chi connectivity index (χ4v) is 1.63. The minimum Gasteiger partial charge on any atom is -0.497 e. The minimum atomic E-state index is -4.33. The van der Waals surface area contributed by atoms with Crippen LogP contribution >= 0.6 is 0 Å². The molecule has 1 unspecified atom stereocenters. The molecule has 1 atom stereocenters. The number of hydrogen-bond acceptors (Lipinski definition) is 3. The van der Waals surface area contributed by atoms with Crippen molar-refractivity contribution >= 4 is 0 Å². The number of rotatable bonds is 7. The Hall–Kier alpha value is -1.27. The van der Waals surface area contributed by atoms with E-state index in [4.69, 9.17) is 9.47 Å². The predicted octanol–water partition coefficient (Wildman–Crippen LogP) is 3.31. The van der Waals surface area contributed by atoms with Crippen LogP contribution in [0.4, 0.5) is 13.2 Å². The van der Waals surface area contributed by atoms with Crippen molar-refractivity contribution in [2.24, 2.45) is 0 Å². The van der Waals surface area contributed by atoms with Crippen LogP contribution in [0.15, 0.2) is 24.3 Å². The van der Waals surface area contributed by atoms with Gasteiger partial charge in [-0.15, -0.1) is 0 Å². The number of halogens is 3. The lowest BCUT2D eigenvalue weighted by molar-refractivity contribution is -0.185. The van der Waals surface area contributed by atoms with Gasteiger partial charge in [0.1, 0.15) is 12.4 Å². The monoisotopic (exact) mass is 291 g/mol. The van der Waals surface area contributed by atoms with Crippen LogP contribution in [-0.4, -0.2) is 32.5 Å². The second-order valence-corrected chi connectivity index (χ2v) is 4.75. The van der Waals surface area contributed by atoms with Crippen molar-refractivity contribution < 1.29 is 22.6 Å². The Morgan fingerprint density at radius 1 is 1.15 bits per heavy atom.